The van der Waals surface area contributed by atoms with Gasteiger partial charge < -0.3 is 10.6 Å². The maximum Gasteiger partial charge on any atom is 0.471 e. The number of alkyl halides is 3. The predicted octanol–water partition coefficient (Wildman–Crippen LogP) is 4.41. The Balaban J connectivity index is 1.91. The summed E-state index contributed by atoms with van der Waals surface area (Å²) in [4.78, 5) is 22.9. The summed E-state index contributed by atoms with van der Waals surface area (Å²) in [6.07, 6.45) is -4.29. The van der Waals surface area contributed by atoms with Crippen LogP contribution in [0.15, 0.2) is 48.5 Å². The van der Waals surface area contributed by atoms with E-state index in [9.17, 15) is 22.8 Å². The van der Waals surface area contributed by atoms with Crippen LogP contribution >= 0.6 is 11.6 Å². The molecule has 0 aliphatic carbocycles. The van der Waals surface area contributed by atoms with Gasteiger partial charge in [-0.1, -0.05) is 29.8 Å². The Morgan fingerprint density at radius 2 is 1.56 bits per heavy atom. The third kappa shape index (κ3) is 6.11. The monoisotopic (exact) mass is 370 g/mol. The van der Waals surface area contributed by atoms with Crippen molar-refractivity contribution in [3.05, 3.63) is 59.1 Å². The highest BCUT2D eigenvalue weighted by molar-refractivity contribution is 6.30. The maximum atomic E-state index is 12.2. The molecule has 2 rings (SSSR count). The van der Waals surface area contributed by atoms with Crippen LogP contribution in [0, 0.1) is 0 Å². The lowest BCUT2D eigenvalue weighted by Crippen LogP contribution is -2.29. The van der Waals surface area contributed by atoms with Gasteiger partial charge in [0.05, 0.1) is 0 Å². The van der Waals surface area contributed by atoms with E-state index >= 15 is 0 Å². The van der Waals surface area contributed by atoms with Gasteiger partial charge in [0.25, 0.3) is 0 Å². The number of halogens is 4. The van der Waals surface area contributed by atoms with Crippen LogP contribution in [0.5, 0.6) is 0 Å². The van der Waals surface area contributed by atoms with Gasteiger partial charge in [-0.15, -0.1) is 0 Å². The lowest BCUT2D eigenvalue weighted by Gasteiger charge is -2.10. The molecular formula is C17H14ClF3N2O2. The molecule has 0 spiro atoms. The second-order valence-electron chi connectivity index (χ2n) is 5.21. The number of nitrogens with one attached hydrogen (secondary N) is 2. The first-order valence-corrected chi connectivity index (χ1v) is 7.64. The highest BCUT2D eigenvalue weighted by Gasteiger charge is 2.38. The number of benzene rings is 2. The van der Waals surface area contributed by atoms with Crippen molar-refractivity contribution in [3.63, 3.8) is 0 Å². The molecule has 0 fully saturated rings. The van der Waals surface area contributed by atoms with Gasteiger partial charge in [0, 0.05) is 22.8 Å². The van der Waals surface area contributed by atoms with Gasteiger partial charge in [0.15, 0.2) is 0 Å². The zero-order valence-electron chi connectivity index (χ0n) is 12.9. The van der Waals surface area contributed by atoms with Crippen LogP contribution in [0.25, 0.3) is 0 Å². The van der Waals surface area contributed by atoms with Gasteiger partial charge in [-0.3, -0.25) is 9.59 Å². The lowest BCUT2D eigenvalue weighted by molar-refractivity contribution is -0.167. The highest BCUT2D eigenvalue weighted by atomic mass is 35.5. The lowest BCUT2D eigenvalue weighted by atomic mass is 10.1. The first-order chi connectivity index (χ1) is 11.7. The van der Waals surface area contributed by atoms with Gasteiger partial charge in [0.2, 0.25) is 5.91 Å². The van der Waals surface area contributed by atoms with E-state index < -0.39 is 12.1 Å². The zero-order valence-corrected chi connectivity index (χ0v) is 13.6. The molecular weight excluding hydrogens is 357 g/mol. The van der Waals surface area contributed by atoms with E-state index in [1.807, 2.05) is 12.1 Å². The van der Waals surface area contributed by atoms with Gasteiger partial charge in [-0.2, -0.15) is 13.2 Å². The fourth-order valence-corrected chi connectivity index (χ4v) is 2.14. The van der Waals surface area contributed by atoms with Crippen LogP contribution in [-0.2, 0) is 16.0 Å². The summed E-state index contributed by atoms with van der Waals surface area (Å²) >= 11 is 5.78. The van der Waals surface area contributed by atoms with Crippen molar-refractivity contribution in [1.29, 1.82) is 0 Å². The van der Waals surface area contributed by atoms with Crippen molar-refractivity contribution in [2.75, 3.05) is 10.6 Å². The Labute approximate surface area is 147 Å². The largest absolute Gasteiger partial charge is 0.471 e. The molecule has 0 unspecified atom stereocenters. The number of aryl methyl sites for hydroxylation is 1. The molecule has 0 saturated carbocycles. The summed E-state index contributed by atoms with van der Waals surface area (Å²) in [6.45, 7) is 0. The fourth-order valence-electron chi connectivity index (χ4n) is 2.01. The van der Waals surface area contributed by atoms with Crippen LogP contribution in [0.4, 0.5) is 24.5 Å². The van der Waals surface area contributed by atoms with Crippen molar-refractivity contribution in [2.45, 2.75) is 19.0 Å². The Kier molecular flexibility index (Phi) is 6.03. The van der Waals surface area contributed by atoms with E-state index in [4.69, 9.17) is 11.6 Å². The molecule has 0 heterocycles. The molecule has 2 N–H and O–H groups in total. The Morgan fingerprint density at radius 3 is 2.16 bits per heavy atom. The van der Waals surface area contributed by atoms with Crippen LogP contribution in [-0.4, -0.2) is 18.0 Å². The molecule has 25 heavy (non-hydrogen) atoms. The first kappa shape index (κ1) is 18.8. The van der Waals surface area contributed by atoms with E-state index in [1.165, 1.54) is 24.3 Å². The Morgan fingerprint density at radius 1 is 0.960 bits per heavy atom. The van der Waals surface area contributed by atoms with Gasteiger partial charge in [-0.05, 0) is 42.3 Å². The van der Waals surface area contributed by atoms with Crippen molar-refractivity contribution >= 4 is 34.8 Å². The van der Waals surface area contributed by atoms with Crippen LogP contribution in [0.2, 0.25) is 5.02 Å². The molecule has 0 saturated heterocycles. The van der Waals surface area contributed by atoms with Crippen molar-refractivity contribution < 1.29 is 22.8 Å². The summed E-state index contributed by atoms with van der Waals surface area (Å²) in [5.74, 6) is -2.37. The number of hydrogen-bond acceptors (Lipinski definition) is 2. The molecule has 8 heteroatoms. The normalized spacial score (nSPS) is 11.0. The minimum atomic E-state index is -4.97. The smallest absolute Gasteiger partial charge is 0.326 e. The molecule has 0 aromatic heterocycles. The first-order valence-electron chi connectivity index (χ1n) is 7.26. The average molecular weight is 371 g/mol. The van der Waals surface area contributed by atoms with Crippen LogP contribution < -0.4 is 10.6 Å². The van der Waals surface area contributed by atoms with E-state index in [0.29, 0.717) is 17.1 Å². The minimum Gasteiger partial charge on any atom is -0.326 e. The number of anilines is 2. The minimum absolute atomic E-state index is 0.0576. The number of carbonyl (C=O) groups excluding carboxylic acids is 2. The number of hydrogen-bond donors (Lipinski definition) is 2. The summed E-state index contributed by atoms with van der Waals surface area (Å²) in [6, 6.07) is 12.6. The molecule has 2 amide bonds. The van der Waals surface area contributed by atoms with E-state index in [-0.39, 0.29) is 18.0 Å². The van der Waals surface area contributed by atoms with E-state index in [1.54, 1.807) is 17.4 Å². The molecule has 0 bridgehead atoms. The Hall–Kier alpha value is -2.54. The Bertz CT molecular complexity index is 761. The van der Waals surface area contributed by atoms with E-state index in [2.05, 4.69) is 5.32 Å². The average Bonchev–Trinajstić information content (AvgIpc) is 2.54. The summed E-state index contributed by atoms with van der Waals surface area (Å²) in [5.41, 5.74) is 1.17. The van der Waals surface area contributed by atoms with Crippen LogP contribution in [0.1, 0.15) is 12.0 Å². The van der Waals surface area contributed by atoms with Crippen molar-refractivity contribution in [2.24, 2.45) is 0 Å². The molecule has 0 aliphatic heterocycles. The molecule has 0 radical (unpaired) electrons. The summed E-state index contributed by atoms with van der Waals surface area (Å²) in [7, 11) is 0. The second kappa shape index (κ2) is 8.02. The molecule has 2 aromatic rings. The van der Waals surface area contributed by atoms with Crippen molar-refractivity contribution in [3.8, 4) is 0 Å². The molecule has 0 aliphatic rings. The number of rotatable bonds is 5. The topological polar surface area (TPSA) is 58.2 Å². The van der Waals surface area contributed by atoms with Gasteiger partial charge >= 0.3 is 12.1 Å². The fraction of sp³-hybridized carbons (Fsp3) is 0.176. The zero-order chi connectivity index (χ0) is 18.4. The standard InChI is InChI=1S/C17H14ClF3N2O2/c18-12-7-4-11(5-8-12)6-9-15(24)22-13-2-1-3-14(10-13)23-16(25)17(19,20)21/h1-5,7-8,10H,6,9H2,(H,22,24)(H,23,25). The molecule has 132 valence electrons. The van der Waals surface area contributed by atoms with Crippen LogP contribution in [0.3, 0.4) is 0 Å². The SMILES string of the molecule is O=C(CCc1ccc(Cl)cc1)Nc1cccc(NC(=O)C(F)(F)F)c1. The third-order valence-corrected chi connectivity index (χ3v) is 3.47. The molecule has 2 aromatic carbocycles. The third-order valence-electron chi connectivity index (χ3n) is 3.22. The molecule has 0 atom stereocenters. The second-order valence-corrected chi connectivity index (χ2v) is 5.64. The number of carbonyl (C=O) groups is 2. The maximum absolute atomic E-state index is 12.2. The highest BCUT2D eigenvalue weighted by Crippen LogP contribution is 2.20. The summed E-state index contributed by atoms with van der Waals surface area (Å²) in [5, 5.41) is 4.91. The van der Waals surface area contributed by atoms with Gasteiger partial charge in [0.1, 0.15) is 0 Å². The van der Waals surface area contributed by atoms with E-state index in [0.717, 1.165) is 5.56 Å². The number of amides is 2. The quantitative estimate of drug-likeness (QED) is 0.819. The summed E-state index contributed by atoms with van der Waals surface area (Å²) < 4.78 is 36.7. The predicted molar refractivity (Wildman–Crippen MR) is 89.5 cm³/mol. The van der Waals surface area contributed by atoms with Crippen molar-refractivity contribution in [1.82, 2.24) is 0 Å². The van der Waals surface area contributed by atoms with Gasteiger partial charge in [-0.25, -0.2) is 0 Å². The molecule has 4 nitrogen and oxygen atoms in total.